The lowest BCUT2D eigenvalue weighted by atomic mass is 9.61. The summed E-state index contributed by atoms with van der Waals surface area (Å²) in [5.74, 6) is 2.08. The molecule has 0 unspecified atom stereocenters. The van der Waals surface area contributed by atoms with Crippen LogP contribution in [0.5, 0.6) is 0 Å². The molecule has 0 bridgehead atoms. The van der Waals surface area contributed by atoms with Crippen LogP contribution in [0.15, 0.2) is 28.4 Å². The first kappa shape index (κ1) is 15.3. The van der Waals surface area contributed by atoms with Crippen LogP contribution in [-0.2, 0) is 11.2 Å². The second kappa shape index (κ2) is 5.57. The summed E-state index contributed by atoms with van der Waals surface area (Å²) in [7, 11) is 0. The Labute approximate surface area is 133 Å². The van der Waals surface area contributed by atoms with Gasteiger partial charge in [-0.25, -0.2) is 0 Å². The van der Waals surface area contributed by atoms with Crippen LogP contribution >= 0.6 is 0 Å². The van der Waals surface area contributed by atoms with Crippen molar-refractivity contribution in [1.29, 1.82) is 0 Å². The Balaban J connectivity index is 2.09. The summed E-state index contributed by atoms with van der Waals surface area (Å²) < 4.78 is 5.78. The van der Waals surface area contributed by atoms with E-state index >= 15 is 0 Å². The van der Waals surface area contributed by atoms with E-state index in [0.717, 1.165) is 31.4 Å². The molecule has 2 heteroatoms. The zero-order chi connectivity index (χ0) is 15.9. The third kappa shape index (κ3) is 2.49. The molecule has 0 saturated carbocycles. The maximum Gasteiger partial charge on any atom is 0.161 e. The smallest absolute Gasteiger partial charge is 0.161 e. The van der Waals surface area contributed by atoms with E-state index in [4.69, 9.17) is 4.42 Å². The third-order valence-electron chi connectivity index (χ3n) is 5.77. The van der Waals surface area contributed by atoms with Crippen LogP contribution in [0.1, 0.15) is 56.9 Å². The Morgan fingerprint density at radius 1 is 1.32 bits per heavy atom. The van der Waals surface area contributed by atoms with Gasteiger partial charge in [0.15, 0.2) is 5.78 Å². The minimum Gasteiger partial charge on any atom is -0.464 e. The lowest BCUT2D eigenvalue weighted by Gasteiger charge is -2.42. The second-order valence-corrected chi connectivity index (χ2v) is 7.42. The van der Waals surface area contributed by atoms with Crippen LogP contribution in [0.2, 0.25) is 0 Å². The van der Waals surface area contributed by atoms with E-state index in [-0.39, 0.29) is 5.41 Å². The summed E-state index contributed by atoms with van der Waals surface area (Å²) in [6, 6.07) is 0. The van der Waals surface area contributed by atoms with E-state index in [1.54, 1.807) is 0 Å². The zero-order valence-electron chi connectivity index (χ0n) is 14.1. The Morgan fingerprint density at radius 3 is 2.86 bits per heavy atom. The first-order valence-corrected chi connectivity index (χ1v) is 8.38. The van der Waals surface area contributed by atoms with E-state index in [1.165, 1.54) is 16.7 Å². The average Bonchev–Trinajstić information content (AvgIpc) is 2.80. The molecule has 0 saturated heterocycles. The van der Waals surface area contributed by atoms with Crippen LogP contribution in [0.4, 0.5) is 0 Å². The van der Waals surface area contributed by atoms with Gasteiger partial charge in [-0.2, -0.15) is 0 Å². The van der Waals surface area contributed by atoms with Gasteiger partial charge in [-0.3, -0.25) is 4.79 Å². The highest BCUT2D eigenvalue weighted by Crippen LogP contribution is 2.46. The van der Waals surface area contributed by atoms with Crippen LogP contribution in [0.3, 0.4) is 0 Å². The molecule has 3 atom stereocenters. The molecule has 118 valence electrons. The monoisotopic (exact) mass is 298 g/mol. The van der Waals surface area contributed by atoms with Gasteiger partial charge in [-0.05, 0) is 69.1 Å². The molecule has 2 nitrogen and oxygen atoms in total. The molecular weight excluding hydrogens is 272 g/mol. The molecule has 0 aromatic carbocycles. The van der Waals surface area contributed by atoms with Crippen molar-refractivity contribution in [2.75, 3.05) is 0 Å². The summed E-state index contributed by atoms with van der Waals surface area (Å²) in [4.78, 5) is 12.7. The quantitative estimate of drug-likeness (QED) is 0.666. The number of hydrogen-bond acceptors (Lipinski definition) is 2. The molecule has 0 N–H and O–H groups in total. The van der Waals surface area contributed by atoms with Gasteiger partial charge in [0.1, 0.15) is 5.76 Å². The van der Waals surface area contributed by atoms with Crippen molar-refractivity contribution in [2.24, 2.45) is 17.3 Å². The first-order chi connectivity index (χ1) is 10.4. The number of carbonyl (C=O) groups is 1. The number of furan rings is 1. The highest BCUT2D eigenvalue weighted by molar-refractivity contribution is 5.95. The molecule has 1 aromatic rings. The van der Waals surface area contributed by atoms with Gasteiger partial charge in [-0.1, -0.05) is 25.5 Å². The Bertz CT molecular complexity index is 647. The lowest BCUT2D eigenvalue weighted by Crippen LogP contribution is -2.42. The summed E-state index contributed by atoms with van der Waals surface area (Å²) in [6.45, 7) is 8.69. The highest BCUT2D eigenvalue weighted by atomic mass is 16.3. The van der Waals surface area contributed by atoms with Crippen molar-refractivity contribution in [1.82, 2.24) is 0 Å². The molecular formula is C20H26O2. The summed E-state index contributed by atoms with van der Waals surface area (Å²) in [5, 5.41) is 0. The number of rotatable bonds is 0. The van der Waals surface area contributed by atoms with Crippen LogP contribution in [0.25, 0.3) is 6.08 Å². The van der Waals surface area contributed by atoms with Crippen molar-refractivity contribution in [3.63, 3.8) is 0 Å². The lowest BCUT2D eigenvalue weighted by molar-refractivity contribution is -0.128. The van der Waals surface area contributed by atoms with Crippen LogP contribution < -0.4 is 0 Å². The number of hydrogen-bond donors (Lipinski definition) is 0. The first-order valence-electron chi connectivity index (χ1n) is 8.38. The van der Waals surface area contributed by atoms with Gasteiger partial charge in [0.25, 0.3) is 0 Å². The molecule has 0 spiro atoms. The van der Waals surface area contributed by atoms with Crippen LogP contribution in [-0.4, -0.2) is 5.78 Å². The molecule has 0 fully saturated rings. The van der Waals surface area contributed by atoms with Crippen molar-refractivity contribution >= 4 is 11.9 Å². The van der Waals surface area contributed by atoms with Crippen molar-refractivity contribution < 1.29 is 9.21 Å². The predicted molar refractivity (Wildman–Crippen MR) is 89.6 cm³/mol. The Morgan fingerprint density at radius 2 is 2.09 bits per heavy atom. The average molecular weight is 298 g/mol. The molecule has 0 amide bonds. The largest absolute Gasteiger partial charge is 0.464 e. The minimum atomic E-state index is -0.243. The maximum absolute atomic E-state index is 12.7. The Kier molecular flexibility index (Phi) is 3.88. The standard InChI is InChI=1S/C20H26O2/c1-13-6-5-9-20(4)17(14(2)7-8-19(20)21)11-16-15(3)12-22-18(16)10-13/h7-8,10,12,14,17H,5-6,9,11H2,1-4H3/t14-,17+,20-/m1/s1. The van der Waals surface area contributed by atoms with Gasteiger partial charge < -0.3 is 4.42 Å². The number of carbonyl (C=O) groups excluding carboxylic acids is 1. The maximum atomic E-state index is 12.7. The topological polar surface area (TPSA) is 30.2 Å². The van der Waals surface area contributed by atoms with Gasteiger partial charge in [0, 0.05) is 11.0 Å². The number of ketones is 1. The van der Waals surface area contributed by atoms with Crippen molar-refractivity contribution in [2.45, 2.75) is 53.4 Å². The van der Waals surface area contributed by atoms with E-state index in [2.05, 4.69) is 39.8 Å². The fourth-order valence-corrected chi connectivity index (χ4v) is 4.17. The van der Waals surface area contributed by atoms with Gasteiger partial charge in [0.05, 0.1) is 6.26 Å². The minimum absolute atomic E-state index is 0.243. The highest BCUT2D eigenvalue weighted by Gasteiger charge is 2.44. The van der Waals surface area contributed by atoms with Gasteiger partial charge in [0.2, 0.25) is 0 Å². The number of allylic oxidation sites excluding steroid dienone is 3. The second-order valence-electron chi connectivity index (χ2n) is 7.42. The molecule has 2 aliphatic carbocycles. The molecule has 22 heavy (non-hydrogen) atoms. The molecule has 3 rings (SSSR count). The number of aryl methyl sites for hydroxylation is 1. The van der Waals surface area contributed by atoms with E-state index in [0.29, 0.717) is 17.6 Å². The number of fused-ring (bicyclic) bond motifs is 2. The van der Waals surface area contributed by atoms with E-state index in [1.807, 2.05) is 12.3 Å². The van der Waals surface area contributed by atoms with Gasteiger partial charge in [-0.15, -0.1) is 0 Å². The van der Waals surface area contributed by atoms with E-state index in [9.17, 15) is 4.79 Å². The molecule has 1 heterocycles. The summed E-state index contributed by atoms with van der Waals surface area (Å²) >= 11 is 0. The van der Waals surface area contributed by atoms with Gasteiger partial charge >= 0.3 is 0 Å². The third-order valence-corrected chi connectivity index (χ3v) is 5.77. The zero-order valence-corrected chi connectivity index (χ0v) is 14.1. The fraction of sp³-hybridized carbons (Fsp3) is 0.550. The molecule has 0 aliphatic heterocycles. The molecule has 0 radical (unpaired) electrons. The predicted octanol–water partition coefficient (Wildman–Crippen LogP) is 5.12. The Hall–Kier alpha value is -1.57. The molecule has 1 aromatic heterocycles. The van der Waals surface area contributed by atoms with E-state index < -0.39 is 0 Å². The van der Waals surface area contributed by atoms with Crippen LogP contribution in [0, 0.1) is 24.2 Å². The fourth-order valence-electron chi connectivity index (χ4n) is 4.17. The molecule has 2 aliphatic rings. The summed E-state index contributed by atoms with van der Waals surface area (Å²) in [6.07, 6.45) is 12.0. The SMILES string of the molecule is CC1=Cc2occ(C)c2C[C@H]2[C@H](C)C=CC(=O)[C@]2(C)CCC1. The van der Waals surface area contributed by atoms with Crippen molar-refractivity contribution in [3.8, 4) is 0 Å². The van der Waals surface area contributed by atoms with Crippen molar-refractivity contribution in [3.05, 3.63) is 40.9 Å². The normalized spacial score (nSPS) is 32.2. The summed E-state index contributed by atoms with van der Waals surface area (Å²) in [5.41, 5.74) is 3.58.